The standard InChI is InChI=1S/C13H26N4O2.2ClH/c1-13(2,3)15-11(18)10-16-5-7-17(8-6-16)12(19)9-14-4;;/h14H,5-10H2,1-4H3,(H,15,18);2*1H. The molecule has 0 bridgehead atoms. The number of nitrogens with one attached hydrogen (secondary N) is 2. The zero-order valence-electron chi connectivity index (χ0n) is 13.3. The Balaban J connectivity index is 0. The third kappa shape index (κ3) is 9.14. The minimum absolute atomic E-state index is 0. The molecule has 1 fully saturated rings. The predicted molar refractivity (Wildman–Crippen MR) is 89.3 cm³/mol. The van der Waals surface area contributed by atoms with Gasteiger partial charge in [-0.1, -0.05) is 0 Å². The monoisotopic (exact) mass is 342 g/mol. The average molecular weight is 343 g/mol. The first kappa shape index (κ1) is 22.7. The number of nitrogens with zero attached hydrogens (tertiary/aromatic N) is 2. The summed E-state index contributed by atoms with van der Waals surface area (Å²) in [5.74, 6) is 0.170. The smallest absolute Gasteiger partial charge is 0.236 e. The molecule has 1 aliphatic rings. The molecule has 0 radical (unpaired) electrons. The molecule has 1 heterocycles. The van der Waals surface area contributed by atoms with Crippen molar-refractivity contribution >= 4 is 36.6 Å². The Hall–Kier alpha value is -0.560. The Bertz CT molecular complexity index is 327. The van der Waals surface area contributed by atoms with Crippen molar-refractivity contribution in [2.24, 2.45) is 0 Å². The molecule has 1 aliphatic heterocycles. The van der Waals surface area contributed by atoms with Crippen LogP contribution in [-0.2, 0) is 9.59 Å². The lowest BCUT2D eigenvalue weighted by molar-refractivity contribution is -0.132. The van der Waals surface area contributed by atoms with Crippen LogP contribution in [0.4, 0.5) is 0 Å². The second kappa shape index (κ2) is 10.2. The maximum Gasteiger partial charge on any atom is 0.236 e. The van der Waals surface area contributed by atoms with Gasteiger partial charge >= 0.3 is 0 Å². The summed E-state index contributed by atoms with van der Waals surface area (Å²) in [6, 6.07) is 0. The highest BCUT2D eigenvalue weighted by Gasteiger charge is 2.23. The highest BCUT2D eigenvalue weighted by atomic mass is 35.5. The molecule has 0 atom stereocenters. The van der Waals surface area contributed by atoms with Gasteiger partial charge in [-0.3, -0.25) is 14.5 Å². The lowest BCUT2D eigenvalue weighted by Crippen LogP contribution is -2.53. The largest absolute Gasteiger partial charge is 0.350 e. The van der Waals surface area contributed by atoms with Gasteiger partial charge in [0.25, 0.3) is 0 Å². The summed E-state index contributed by atoms with van der Waals surface area (Å²) >= 11 is 0. The maximum absolute atomic E-state index is 11.8. The number of hydrogen-bond acceptors (Lipinski definition) is 4. The van der Waals surface area contributed by atoms with Crippen LogP contribution < -0.4 is 10.6 Å². The second-order valence-electron chi connectivity index (χ2n) is 5.99. The molecule has 126 valence electrons. The van der Waals surface area contributed by atoms with E-state index in [0.29, 0.717) is 26.2 Å². The van der Waals surface area contributed by atoms with Crippen molar-refractivity contribution in [3.05, 3.63) is 0 Å². The van der Waals surface area contributed by atoms with E-state index in [9.17, 15) is 9.59 Å². The molecular formula is C13H28Cl2N4O2. The van der Waals surface area contributed by atoms with Crippen LogP contribution in [0.1, 0.15) is 20.8 Å². The van der Waals surface area contributed by atoms with Gasteiger partial charge in [-0.15, -0.1) is 24.8 Å². The first-order chi connectivity index (χ1) is 8.81. The summed E-state index contributed by atoms with van der Waals surface area (Å²) in [7, 11) is 1.77. The molecule has 0 aliphatic carbocycles. The van der Waals surface area contributed by atoms with E-state index in [-0.39, 0.29) is 42.2 Å². The summed E-state index contributed by atoms with van der Waals surface area (Å²) in [5.41, 5.74) is -0.193. The molecule has 2 amide bonds. The van der Waals surface area contributed by atoms with E-state index >= 15 is 0 Å². The van der Waals surface area contributed by atoms with Gasteiger partial charge in [0.2, 0.25) is 11.8 Å². The Morgan fingerprint density at radius 2 is 1.57 bits per heavy atom. The third-order valence-corrected chi connectivity index (χ3v) is 2.93. The Labute approximate surface area is 139 Å². The van der Waals surface area contributed by atoms with Crippen LogP contribution in [0.25, 0.3) is 0 Å². The summed E-state index contributed by atoms with van der Waals surface area (Å²) in [6.45, 7) is 9.61. The average Bonchev–Trinajstić information content (AvgIpc) is 2.27. The van der Waals surface area contributed by atoms with E-state index in [0.717, 1.165) is 13.1 Å². The number of amides is 2. The van der Waals surface area contributed by atoms with Crippen molar-refractivity contribution in [3.8, 4) is 0 Å². The Morgan fingerprint density at radius 1 is 1.05 bits per heavy atom. The van der Waals surface area contributed by atoms with Crippen LogP contribution in [0.3, 0.4) is 0 Å². The molecule has 0 aromatic heterocycles. The van der Waals surface area contributed by atoms with Gasteiger partial charge in [-0.2, -0.15) is 0 Å². The Morgan fingerprint density at radius 3 is 2.00 bits per heavy atom. The quantitative estimate of drug-likeness (QED) is 0.761. The van der Waals surface area contributed by atoms with Crippen molar-refractivity contribution in [1.82, 2.24) is 20.4 Å². The van der Waals surface area contributed by atoms with Crippen LogP contribution in [0.2, 0.25) is 0 Å². The highest BCUT2D eigenvalue weighted by Crippen LogP contribution is 2.03. The first-order valence-electron chi connectivity index (χ1n) is 6.77. The zero-order valence-corrected chi connectivity index (χ0v) is 14.9. The number of carbonyl (C=O) groups excluding carboxylic acids is 2. The van der Waals surface area contributed by atoms with Crippen LogP contribution in [0, 0.1) is 0 Å². The van der Waals surface area contributed by atoms with Crippen LogP contribution in [0.15, 0.2) is 0 Å². The maximum atomic E-state index is 11.8. The molecule has 6 nitrogen and oxygen atoms in total. The Kier molecular flexibility index (Phi) is 11.0. The number of likely N-dealkylation sites (N-methyl/N-ethyl adjacent to an activating group) is 1. The second-order valence-corrected chi connectivity index (χ2v) is 5.99. The number of halogens is 2. The number of carbonyl (C=O) groups is 2. The minimum Gasteiger partial charge on any atom is -0.350 e. The molecule has 0 spiro atoms. The molecule has 0 aromatic rings. The van der Waals surface area contributed by atoms with Gasteiger partial charge in [-0.25, -0.2) is 0 Å². The predicted octanol–water partition coefficient (Wildman–Crippen LogP) is 0.108. The van der Waals surface area contributed by atoms with Crippen LogP contribution in [-0.4, -0.2) is 73.5 Å². The highest BCUT2D eigenvalue weighted by molar-refractivity contribution is 5.85. The van der Waals surface area contributed by atoms with Gasteiger partial charge < -0.3 is 15.5 Å². The van der Waals surface area contributed by atoms with Crippen LogP contribution in [0.5, 0.6) is 0 Å². The molecule has 2 N–H and O–H groups in total. The lowest BCUT2D eigenvalue weighted by Gasteiger charge is -2.34. The van der Waals surface area contributed by atoms with E-state index in [2.05, 4.69) is 15.5 Å². The van der Waals surface area contributed by atoms with E-state index in [1.807, 2.05) is 25.7 Å². The van der Waals surface area contributed by atoms with E-state index < -0.39 is 0 Å². The summed E-state index contributed by atoms with van der Waals surface area (Å²) in [6.07, 6.45) is 0. The van der Waals surface area contributed by atoms with E-state index in [1.165, 1.54) is 0 Å². The first-order valence-corrected chi connectivity index (χ1v) is 6.77. The third-order valence-electron chi connectivity index (χ3n) is 2.93. The topological polar surface area (TPSA) is 64.7 Å². The van der Waals surface area contributed by atoms with Crippen molar-refractivity contribution < 1.29 is 9.59 Å². The van der Waals surface area contributed by atoms with Crippen molar-refractivity contribution in [1.29, 1.82) is 0 Å². The van der Waals surface area contributed by atoms with Gasteiger partial charge in [-0.05, 0) is 27.8 Å². The van der Waals surface area contributed by atoms with Gasteiger partial charge in [0, 0.05) is 31.7 Å². The molecule has 8 heteroatoms. The number of piperazine rings is 1. The van der Waals surface area contributed by atoms with Crippen LogP contribution >= 0.6 is 24.8 Å². The molecule has 0 saturated carbocycles. The fourth-order valence-corrected chi connectivity index (χ4v) is 2.08. The van der Waals surface area contributed by atoms with Gasteiger partial charge in [0.15, 0.2) is 0 Å². The van der Waals surface area contributed by atoms with Gasteiger partial charge in [0.05, 0.1) is 13.1 Å². The van der Waals surface area contributed by atoms with Crippen molar-refractivity contribution in [3.63, 3.8) is 0 Å². The van der Waals surface area contributed by atoms with Crippen molar-refractivity contribution in [2.45, 2.75) is 26.3 Å². The summed E-state index contributed by atoms with van der Waals surface area (Å²) < 4.78 is 0. The molecule has 0 unspecified atom stereocenters. The minimum atomic E-state index is -0.193. The fourth-order valence-electron chi connectivity index (χ4n) is 2.08. The molecular weight excluding hydrogens is 315 g/mol. The molecule has 1 rings (SSSR count). The number of rotatable bonds is 4. The molecule has 21 heavy (non-hydrogen) atoms. The van der Waals surface area contributed by atoms with Gasteiger partial charge in [0.1, 0.15) is 0 Å². The normalized spacial score (nSPS) is 15.7. The zero-order chi connectivity index (χ0) is 14.5. The van der Waals surface area contributed by atoms with Crippen molar-refractivity contribution in [2.75, 3.05) is 46.3 Å². The summed E-state index contributed by atoms with van der Waals surface area (Å²) in [5, 5.41) is 5.81. The number of hydrogen-bond donors (Lipinski definition) is 2. The summed E-state index contributed by atoms with van der Waals surface area (Å²) in [4.78, 5) is 27.4. The molecule has 1 saturated heterocycles. The SMILES string of the molecule is CNCC(=O)N1CCN(CC(=O)NC(C)(C)C)CC1.Cl.Cl. The molecule has 0 aromatic carbocycles. The fraction of sp³-hybridized carbons (Fsp3) is 0.846. The lowest BCUT2D eigenvalue weighted by atomic mass is 10.1. The van der Waals surface area contributed by atoms with E-state index in [4.69, 9.17) is 0 Å². The van der Waals surface area contributed by atoms with E-state index in [1.54, 1.807) is 7.05 Å².